The highest BCUT2D eigenvalue weighted by Gasteiger charge is 2.19. The van der Waals surface area contributed by atoms with Gasteiger partial charge in [0.15, 0.2) is 0 Å². The summed E-state index contributed by atoms with van der Waals surface area (Å²) < 4.78 is 2.25. The first-order valence-electron chi connectivity index (χ1n) is 5.51. The van der Waals surface area contributed by atoms with Crippen molar-refractivity contribution in [1.29, 1.82) is 0 Å². The SMILES string of the molecule is CCNCc1nncn1C1CCCC1. The van der Waals surface area contributed by atoms with Crippen LogP contribution in [0.5, 0.6) is 0 Å². The Bertz CT molecular complexity index is 275. The first kappa shape index (κ1) is 9.65. The van der Waals surface area contributed by atoms with E-state index in [1.54, 1.807) is 0 Å². The van der Waals surface area contributed by atoms with Crippen LogP contribution in [0, 0.1) is 0 Å². The summed E-state index contributed by atoms with van der Waals surface area (Å²) in [7, 11) is 0. The summed E-state index contributed by atoms with van der Waals surface area (Å²) in [5.74, 6) is 1.08. The van der Waals surface area contributed by atoms with Crippen molar-refractivity contribution in [2.75, 3.05) is 6.54 Å². The standard InChI is InChI=1S/C10H18N4/c1-2-11-7-10-13-12-8-14(10)9-5-3-4-6-9/h8-9,11H,2-7H2,1H3. The predicted molar refractivity (Wildman–Crippen MR) is 54.9 cm³/mol. The molecular formula is C10H18N4. The molecule has 4 heteroatoms. The molecule has 0 saturated heterocycles. The predicted octanol–water partition coefficient (Wildman–Crippen LogP) is 1.50. The summed E-state index contributed by atoms with van der Waals surface area (Å²) >= 11 is 0. The lowest BCUT2D eigenvalue weighted by Gasteiger charge is -2.13. The fourth-order valence-electron chi connectivity index (χ4n) is 2.12. The molecule has 14 heavy (non-hydrogen) atoms. The molecule has 0 unspecified atom stereocenters. The molecule has 1 aliphatic rings. The van der Waals surface area contributed by atoms with Crippen LogP contribution in [-0.2, 0) is 6.54 Å². The summed E-state index contributed by atoms with van der Waals surface area (Å²) in [6.07, 6.45) is 7.16. The van der Waals surface area contributed by atoms with E-state index >= 15 is 0 Å². The Morgan fingerprint density at radius 2 is 2.29 bits per heavy atom. The summed E-state index contributed by atoms with van der Waals surface area (Å²) in [5, 5.41) is 11.4. The highest BCUT2D eigenvalue weighted by atomic mass is 15.3. The average Bonchev–Trinajstić information content (AvgIpc) is 2.84. The van der Waals surface area contributed by atoms with E-state index in [0.29, 0.717) is 6.04 Å². The minimum absolute atomic E-state index is 0.652. The quantitative estimate of drug-likeness (QED) is 0.790. The molecule has 0 radical (unpaired) electrons. The van der Waals surface area contributed by atoms with Crippen molar-refractivity contribution in [3.8, 4) is 0 Å². The molecule has 0 aromatic carbocycles. The lowest BCUT2D eigenvalue weighted by Crippen LogP contribution is -2.17. The fraction of sp³-hybridized carbons (Fsp3) is 0.800. The third-order valence-corrected chi connectivity index (χ3v) is 2.90. The lowest BCUT2D eigenvalue weighted by molar-refractivity contribution is 0.486. The monoisotopic (exact) mass is 194 g/mol. The van der Waals surface area contributed by atoms with Crippen LogP contribution in [-0.4, -0.2) is 21.3 Å². The smallest absolute Gasteiger partial charge is 0.147 e. The van der Waals surface area contributed by atoms with Gasteiger partial charge in [0.05, 0.1) is 6.54 Å². The Morgan fingerprint density at radius 1 is 1.50 bits per heavy atom. The van der Waals surface area contributed by atoms with E-state index in [-0.39, 0.29) is 0 Å². The van der Waals surface area contributed by atoms with Gasteiger partial charge in [-0.25, -0.2) is 0 Å². The Kier molecular flexibility index (Phi) is 3.14. The van der Waals surface area contributed by atoms with Gasteiger partial charge in [-0.15, -0.1) is 10.2 Å². The number of nitrogens with zero attached hydrogens (tertiary/aromatic N) is 3. The second-order valence-corrected chi connectivity index (χ2v) is 3.87. The van der Waals surface area contributed by atoms with Gasteiger partial charge in [-0.3, -0.25) is 0 Å². The third kappa shape index (κ3) is 1.95. The molecule has 2 rings (SSSR count). The Morgan fingerprint density at radius 3 is 3.00 bits per heavy atom. The zero-order chi connectivity index (χ0) is 9.80. The van der Waals surface area contributed by atoms with Crippen molar-refractivity contribution in [3.63, 3.8) is 0 Å². The molecule has 4 nitrogen and oxygen atoms in total. The highest BCUT2D eigenvalue weighted by molar-refractivity contribution is 4.90. The molecule has 78 valence electrons. The van der Waals surface area contributed by atoms with E-state index in [4.69, 9.17) is 0 Å². The number of nitrogens with one attached hydrogen (secondary N) is 1. The van der Waals surface area contributed by atoms with Gasteiger partial charge >= 0.3 is 0 Å². The molecule has 0 bridgehead atoms. The number of aromatic nitrogens is 3. The molecule has 1 aromatic rings. The van der Waals surface area contributed by atoms with E-state index in [2.05, 4.69) is 27.0 Å². The third-order valence-electron chi connectivity index (χ3n) is 2.90. The summed E-state index contributed by atoms with van der Waals surface area (Å²) in [6, 6.07) is 0.652. The zero-order valence-electron chi connectivity index (χ0n) is 8.74. The molecule has 0 spiro atoms. The van der Waals surface area contributed by atoms with Crippen LogP contribution < -0.4 is 5.32 Å². The van der Waals surface area contributed by atoms with Gasteiger partial charge in [-0.05, 0) is 19.4 Å². The molecule has 0 aliphatic heterocycles. The van der Waals surface area contributed by atoms with Crippen LogP contribution >= 0.6 is 0 Å². The van der Waals surface area contributed by atoms with Crippen LogP contribution in [0.15, 0.2) is 6.33 Å². The maximum Gasteiger partial charge on any atom is 0.147 e. The van der Waals surface area contributed by atoms with E-state index in [1.165, 1.54) is 25.7 Å². The molecule has 1 aromatic heterocycles. The maximum absolute atomic E-state index is 4.15. The molecule has 1 saturated carbocycles. The Balaban J connectivity index is 2.04. The van der Waals surface area contributed by atoms with Gasteiger partial charge in [0.25, 0.3) is 0 Å². The van der Waals surface area contributed by atoms with Gasteiger partial charge in [0.2, 0.25) is 0 Å². The van der Waals surface area contributed by atoms with Gasteiger partial charge in [0, 0.05) is 6.04 Å². The van der Waals surface area contributed by atoms with Crippen LogP contribution in [0.1, 0.15) is 44.5 Å². The first-order chi connectivity index (χ1) is 6.92. The van der Waals surface area contributed by atoms with Gasteiger partial charge in [-0.1, -0.05) is 19.8 Å². The minimum Gasteiger partial charge on any atom is -0.313 e. The fourth-order valence-corrected chi connectivity index (χ4v) is 2.12. The highest BCUT2D eigenvalue weighted by Crippen LogP contribution is 2.29. The van der Waals surface area contributed by atoms with Gasteiger partial charge < -0.3 is 9.88 Å². The van der Waals surface area contributed by atoms with Crippen LogP contribution in [0.2, 0.25) is 0 Å². The number of rotatable bonds is 4. The molecule has 0 amide bonds. The molecule has 1 N–H and O–H groups in total. The van der Waals surface area contributed by atoms with Crippen molar-refractivity contribution in [3.05, 3.63) is 12.2 Å². The summed E-state index contributed by atoms with van der Waals surface area (Å²) in [6.45, 7) is 3.93. The average molecular weight is 194 g/mol. The van der Waals surface area contributed by atoms with E-state index in [1.807, 2.05) is 6.33 Å². The number of hydrogen-bond acceptors (Lipinski definition) is 3. The second-order valence-electron chi connectivity index (χ2n) is 3.87. The second kappa shape index (κ2) is 4.55. The zero-order valence-corrected chi connectivity index (χ0v) is 8.74. The van der Waals surface area contributed by atoms with Crippen molar-refractivity contribution >= 4 is 0 Å². The molecule has 1 aliphatic carbocycles. The normalized spacial score (nSPS) is 17.8. The Labute approximate surface area is 84.7 Å². The van der Waals surface area contributed by atoms with E-state index < -0.39 is 0 Å². The van der Waals surface area contributed by atoms with Crippen molar-refractivity contribution < 1.29 is 0 Å². The van der Waals surface area contributed by atoms with Crippen molar-refractivity contribution in [1.82, 2.24) is 20.1 Å². The van der Waals surface area contributed by atoms with Crippen molar-refractivity contribution in [2.24, 2.45) is 0 Å². The first-order valence-corrected chi connectivity index (χ1v) is 5.51. The molecule has 1 heterocycles. The Hall–Kier alpha value is -0.900. The lowest BCUT2D eigenvalue weighted by atomic mass is 10.2. The largest absolute Gasteiger partial charge is 0.313 e. The van der Waals surface area contributed by atoms with Crippen LogP contribution in [0.4, 0.5) is 0 Å². The minimum atomic E-state index is 0.652. The maximum atomic E-state index is 4.15. The number of hydrogen-bond donors (Lipinski definition) is 1. The molecule has 0 atom stereocenters. The van der Waals surface area contributed by atoms with Crippen molar-refractivity contribution in [2.45, 2.75) is 45.2 Å². The van der Waals surface area contributed by atoms with Crippen LogP contribution in [0.3, 0.4) is 0 Å². The van der Waals surface area contributed by atoms with Gasteiger partial charge in [0.1, 0.15) is 12.2 Å². The summed E-state index contributed by atoms with van der Waals surface area (Å²) in [5.41, 5.74) is 0. The topological polar surface area (TPSA) is 42.7 Å². The van der Waals surface area contributed by atoms with E-state index in [0.717, 1.165) is 18.9 Å². The van der Waals surface area contributed by atoms with Crippen LogP contribution in [0.25, 0.3) is 0 Å². The molecular weight excluding hydrogens is 176 g/mol. The summed E-state index contributed by atoms with van der Waals surface area (Å²) in [4.78, 5) is 0. The van der Waals surface area contributed by atoms with E-state index in [9.17, 15) is 0 Å². The van der Waals surface area contributed by atoms with Gasteiger partial charge in [-0.2, -0.15) is 0 Å². The molecule has 1 fully saturated rings.